The van der Waals surface area contributed by atoms with Crippen molar-refractivity contribution in [3.63, 3.8) is 0 Å². The molecule has 0 bridgehead atoms. The van der Waals surface area contributed by atoms with Crippen molar-refractivity contribution in [3.05, 3.63) is 11.6 Å². The molecule has 0 aromatic rings. The summed E-state index contributed by atoms with van der Waals surface area (Å²) in [5.41, 5.74) is 0.588. The molecule has 15 heavy (non-hydrogen) atoms. The molecule has 0 N–H and O–H groups in total. The van der Waals surface area contributed by atoms with Gasteiger partial charge in [0, 0.05) is 25.7 Å². The topological polar surface area (TPSA) is 44.1 Å². The van der Waals surface area contributed by atoms with Crippen LogP contribution in [0.25, 0.3) is 0 Å². The first kappa shape index (κ1) is 13.7. The van der Waals surface area contributed by atoms with Gasteiger partial charge in [0.25, 0.3) is 0 Å². The van der Waals surface area contributed by atoms with Crippen LogP contribution in [0.3, 0.4) is 0 Å². The summed E-state index contributed by atoms with van der Waals surface area (Å²) in [6.45, 7) is 2.15. The lowest BCUT2D eigenvalue weighted by molar-refractivity contribution is -0.123. The number of hydrogen-bond donors (Lipinski definition) is 0. The summed E-state index contributed by atoms with van der Waals surface area (Å²) in [6.07, 6.45) is 6.66. The maximum atomic E-state index is 11.3. The van der Waals surface area contributed by atoms with Crippen LogP contribution in [0.2, 0.25) is 0 Å². The lowest BCUT2D eigenvalue weighted by Crippen LogP contribution is -2.19. The maximum Gasteiger partial charge on any atom is 0.247 e. The number of nitriles is 1. The molecule has 0 aliphatic carbocycles. The van der Waals surface area contributed by atoms with Crippen LogP contribution in [-0.4, -0.2) is 24.9 Å². The van der Waals surface area contributed by atoms with Crippen molar-refractivity contribution in [2.45, 2.75) is 39.0 Å². The number of nitrogens with zero attached hydrogens (tertiary/aromatic N) is 2. The third-order valence-electron chi connectivity index (χ3n) is 2.18. The van der Waals surface area contributed by atoms with Gasteiger partial charge < -0.3 is 4.90 Å². The van der Waals surface area contributed by atoms with Crippen LogP contribution in [0.1, 0.15) is 39.0 Å². The molecule has 0 aliphatic heterocycles. The number of carbonyl (C=O) groups excluding carboxylic acids is 1. The van der Waals surface area contributed by atoms with E-state index in [4.69, 9.17) is 5.26 Å². The van der Waals surface area contributed by atoms with Gasteiger partial charge in [-0.15, -0.1) is 0 Å². The SMILES string of the molecule is CCCCCC/C(C#N)=C/C(=O)N(C)C. The highest BCUT2D eigenvalue weighted by atomic mass is 16.2. The molecular weight excluding hydrogens is 188 g/mol. The molecular formula is C12H20N2O. The van der Waals surface area contributed by atoms with Crippen molar-refractivity contribution in [3.8, 4) is 6.07 Å². The fourth-order valence-electron chi connectivity index (χ4n) is 1.18. The smallest absolute Gasteiger partial charge is 0.247 e. The van der Waals surface area contributed by atoms with E-state index in [1.165, 1.54) is 23.8 Å². The largest absolute Gasteiger partial charge is 0.345 e. The Morgan fingerprint density at radius 3 is 2.47 bits per heavy atom. The number of amides is 1. The first-order valence-corrected chi connectivity index (χ1v) is 5.43. The zero-order valence-corrected chi connectivity index (χ0v) is 9.92. The van der Waals surface area contributed by atoms with Gasteiger partial charge in [0.15, 0.2) is 0 Å². The molecule has 0 aromatic carbocycles. The number of hydrogen-bond acceptors (Lipinski definition) is 2. The third-order valence-corrected chi connectivity index (χ3v) is 2.18. The van der Waals surface area contributed by atoms with Crippen molar-refractivity contribution < 1.29 is 4.79 Å². The minimum atomic E-state index is -0.109. The Hall–Kier alpha value is -1.30. The predicted molar refractivity (Wildman–Crippen MR) is 61.1 cm³/mol. The Morgan fingerprint density at radius 2 is 2.00 bits per heavy atom. The second-order valence-corrected chi connectivity index (χ2v) is 3.82. The van der Waals surface area contributed by atoms with Gasteiger partial charge in [-0.25, -0.2) is 0 Å². The van der Waals surface area contributed by atoms with E-state index in [0.29, 0.717) is 5.57 Å². The Balaban J connectivity index is 4.03. The van der Waals surface area contributed by atoms with E-state index in [9.17, 15) is 4.79 Å². The lowest BCUT2D eigenvalue weighted by atomic mass is 10.1. The zero-order chi connectivity index (χ0) is 11.7. The average Bonchev–Trinajstić information content (AvgIpc) is 2.22. The average molecular weight is 208 g/mol. The van der Waals surface area contributed by atoms with Gasteiger partial charge in [0.1, 0.15) is 0 Å². The van der Waals surface area contributed by atoms with Crippen LogP contribution in [0.4, 0.5) is 0 Å². The van der Waals surface area contributed by atoms with Crippen LogP contribution in [0.5, 0.6) is 0 Å². The minimum Gasteiger partial charge on any atom is -0.345 e. The fourth-order valence-corrected chi connectivity index (χ4v) is 1.18. The molecule has 0 heterocycles. The van der Waals surface area contributed by atoms with E-state index in [2.05, 4.69) is 13.0 Å². The van der Waals surface area contributed by atoms with Crippen molar-refractivity contribution in [1.29, 1.82) is 5.26 Å². The molecule has 84 valence electrons. The van der Waals surface area contributed by atoms with Gasteiger partial charge in [-0.3, -0.25) is 4.79 Å². The highest BCUT2D eigenvalue weighted by molar-refractivity contribution is 5.88. The van der Waals surface area contributed by atoms with Crippen molar-refractivity contribution >= 4 is 5.91 Å². The molecule has 0 aliphatic rings. The van der Waals surface area contributed by atoms with Gasteiger partial charge in [-0.2, -0.15) is 5.26 Å². The summed E-state index contributed by atoms with van der Waals surface area (Å²) >= 11 is 0. The molecule has 0 fully saturated rings. The molecule has 0 radical (unpaired) electrons. The molecule has 0 aromatic heterocycles. The van der Waals surface area contributed by atoms with Crippen LogP contribution >= 0.6 is 0 Å². The highest BCUT2D eigenvalue weighted by Gasteiger charge is 2.03. The standard InChI is InChI=1S/C12H20N2O/c1-4-5-6-7-8-11(10-13)9-12(15)14(2)3/h9H,4-8H2,1-3H3/b11-9-. The van der Waals surface area contributed by atoms with E-state index in [0.717, 1.165) is 19.3 Å². The minimum absolute atomic E-state index is 0.109. The van der Waals surface area contributed by atoms with Crippen molar-refractivity contribution in [1.82, 2.24) is 4.90 Å². The molecule has 3 heteroatoms. The molecule has 0 saturated carbocycles. The maximum absolute atomic E-state index is 11.3. The Bertz CT molecular complexity index is 261. The quantitative estimate of drug-likeness (QED) is 0.382. The van der Waals surface area contributed by atoms with Crippen molar-refractivity contribution in [2.24, 2.45) is 0 Å². The second kappa shape index (κ2) is 8.05. The van der Waals surface area contributed by atoms with Gasteiger partial charge in [0.05, 0.1) is 6.07 Å². The monoisotopic (exact) mass is 208 g/mol. The Kier molecular flexibility index (Phi) is 7.35. The number of rotatable bonds is 6. The fraction of sp³-hybridized carbons (Fsp3) is 0.667. The molecule has 3 nitrogen and oxygen atoms in total. The van der Waals surface area contributed by atoms with Crippen LogP contribution in [-0.2, 0) is 4.79 Å². The third kappa shape index (κ3) is 6.73. The van der Waals surface area contributed by atoms with E-state index < -0.39 is 0 Å². The van der Waals surface area contributed by atoms with Gasteiger partial charge in [-0.1, -0.05) is 26.2 Å². The summed E-state index contributed by atoms with van der Waals surface area (Å²) in [7, 11) is 3.37. The zero-order valence-electron chi connectivity index (χ0n) is 9.92. The predicted octanol–water partition coefficient (Wildman–Crippen LogP) is 2.49. The second-order valence-electron chi connectivity index (χ2n) is 3.82. The molecule has 0 unspecified atom stereocenters. The van der Waals surface area contributed by atoms with Gasteiger partial charge >= 0.3 is 0 Å². The Labute approximate surface area is 92.4 Å². The molecule has 0 spiro atoms. The highest BCUT2D eigenvalue weighted by Crippen LogP contribution is 2.09. The van der Waals surface area contributed by atoms with Gasteiger partial charge in [-0.05, 0) is 12.8 Å². The van der Waals surface area contributed by atoms with Crippen molar-refractivity contribution in [2.75, 3.05) is 14.1 Å². The number of carbonyl (C=O) groups is 1. The van der Waals surface area contributed by atoms with E-state index in [-0.39, 0.29) is 5.91 Å². The lowest BCUT2D eigenvalue weighted by Gasteiger charge is -2.06. The Morgan fingerprint density at radius 1 is 1.33 bits per heavy atom. The van der Waals surface area contributed by atoms with Gasteiger partial charge in [0.2, 0.25) is 5.91 Å². The summed E-state index contributed by atoms with van der Waals surface area (Å²) < 4.78 is 0. The number of likely N-dealkylation sites (N-methyl/N-ethyl adjacent to an activating group) is 1. The van der Waals surface area contributed by atoms with Crippen LogP contribution in [0, 0.1) is 11.3 Å². The normalized spacial score (nSPS) is 10.9. The number of allylic oxidation sites excluding steroid dienone is 1. The number of unbranched alkanes of at least 4 members (excludes halogenated alkanes) is 3. The molecule has 0 rings (SSSR count). The molecule has 0 saturated heterocycles. The summed E-state index contributed by atoms with van der Waals surface area (Å²) in [5.74, 6) is -0.109. The van der Waals surface area contributed by atoms with Crippen LogP contribution in [0.15, 0.2) is 11.6 Å². The summed E-state index contributed by atoms with van der Waals surface area (Å²) in [6, 6.07) is 2.08. The first-order valence-electron chi connectivity index (χ1n) is 5.43. The molecule has 0 atom stereocenters. The van der Waals surface area contributed by atoms with E-state index >= 15 is 0 Å². The first-order chi connectivity index (χ1) is 7.11. The summed E-state index contributed by atoms with van der Waals surface area (Å²) in [5, 5.41) is 8.82. The molecule has 1 amide bonds. The van der Waals surface area contributed by atoms with E-state index in [1.54, 1.807) is 14.1 Å². The van der Waals surface area contributed by atoms with Crippen LogP contribution < -0.4 is 0 Å². The van der Waals surface area contributed by atoms with E-state index in [1.807, 2.05) is 0 Å². The summed E-state index contributed by atoms with van der Waals surface area (Å²) in [4.78, 5) is 12.8.